The molecule has 0 aromatic heterocycles. The number of benzene rings is 1. The molecule has 0 heterocycles. The Morgan fingerprint density at radius 3 is 2.03 bits per heavy atom. The number of amides is 3. The molecule has 0 spiro atoms. The van der Waals surface area contributed by atoms with E-state index >= 15 is 0 Å². The number of ether oxygens (including phenoxy) is 1. The number of rotatable bonds is 13. The standard InChI is InChI=1S/C30H51N3O4/c1-10-12-13-14-18-21-33(25(23-19-16-15-17-20-23)26(34)32-29(4,5)6)27(35)24(22(3)11-2)31-28(36)37-30(7,8)9/h15-17,19-20,22,24-25H,10-14,18,21H2,1-9H3,(H,31,36)(H,32,34). The summed E-state index contributed by atoms with van der Waals surface area (Å²) in [7, 11) is 0. The summed E-state index contributed by atoms with van der Waals surface area (Å²) in [6, 6.07) is 7.78. The Morgan fingerprint density at radius 2 is 1.51 bits per heavy atom. The van der Waals surface area contributed by atoms with Crippen LogP contribution in [0.15, 0.2) is 30.3 Å². The predicted molar refractivity (Wildman–Crippen MR) is 150 cm³/mol. The highest BCUT2D eigenvalue weighted by Crippen LogP contribution is 2.26. The van der Waals surface area contributed by atoms with Gasteiger partial charge in [0.15, 0.2) is 0 Å². The molecular weight excluding hydrogens is 466 g/mol. The van der Waals surface area contributed by atoms with Crippen molar-refractivity contribution in [2.24, 2.45) is 5.92 Å². The number of carbonyl (C=O) groups excluding carboxylic acids is 3. The second-order valence-corrected chi connectivity index (χ2v) is 12.0. The Balaban J connectivity index is 3.45. The minimum atomic E-state index is -0.816. The molecule has 3 unspecified atom stereocenters. The van der Waals surface area contributed by atoms with Crippen molar-refractivity contribution >= 4 is 17.9 Å². The molecule has 1 aromatic carbocycles. The third kappa shape index (κ3) is 12.0. The molecule has 37 heavy (non-hydrogen) atoms. The van der Waals surface area contributed by atoms with E-state index in [0.29, 0.717) is 13.0 Å². The predicted octanol–water partition coefficient (Wildman–Crippen LogP) is 6.38. The molecular formula is C30H51N3O4. The van der Waals surface area contributed by atoms with Gasteiger partial charge < -0.3 is 20.3 Å². The molecule has 3 atom stereocenters. The van der Waals surface area contributed by atoms with Crippen molar-refractivity contribution in [2.75, 3.05) is 6.54 Å². The number of unbranched alkanes of at least 4 members (excludes halogenated alkanes) is 4. The Morgan fingerprint density at radius 1 is 0.919 bits per heavy atom. The molecule has 0 saturated carbocycles. The summed E-state index contributed by atoms with van der Waals surface area (Å²) in [4.78, 5) is 42.3. The van der Waals surface area contributed by atoms with E-state index in [2.05, 4.69) is 17.6 Å². The quantitative estimate of drug-likeness (QED) is 0.297. The lowest BCUT2D eigenvalue weighted by atomic mass is 9.95. The Bertz CT molecular complexity index is 843. The SMILES string of the molecule is CCCCCCCN(C(=O)C(NC(=O)OC(C)(C)C)C(C)CC)C(C(=O)NC(C)(C)C)c1ccccc1. The first-order chi connectivity index (χ1) is 17.2. The zero-order chi connectivity index (χ0) is 28.2. The van der Waals surface area contributed by atoms with Crippen LogP contribution in [-0.2, 0) is 14.3 Å². The van der Waals surface area contributed by atoms with Crippen molar-refractivity contribution in [3.05, 3.63) is 35.9 Å². The van der Waals surface area contributed by atoms with E-state index in [-0.39, 0.29) is 17.7 Å². The normalized spacial score (nSPS) is 14.3. The third-order valence-electron chi connectivity index (χ3n) is 6.11. The van der Waals surface area contributed by atoms with Gasteiger partial charge in [0.05, 0.1) is 0 Å². The largest absolute Gasteiger partial charge is 0.444 e. The fraction of sp³-hybridized carbons (Fsp3) is 0.700. The van der Waals surface area contributed by atoms with Crippen LogP contribution in [0.5, 0.6) is 0 Å². The third-order valence-corrected chi connectivity index (χ3v) is 6.11. The highest BCUT2D eigenvalue weighted by Gasteiger charge is 2.38. The van der Waals surface area contributed by atoms with E-state index in [0.717, 1.165) is 37.7 Å². The van der Waals surface area contributed by atoms with Gasteiger partial charge in [-0.1, -0.05) is 83.2 Å². The van der Waals surface area contributed by atoms with Crippen LogP contribution in [0.4, 0.5) is 4.79 Å². The van der Waals surface area contributed by atoms with Crippen LogP contribution < -0.4 is 10.6 Å². The van der Waals surface area contributed by atoms with Gasteiger partial charge in [-0.25, -0.2) is 4.79 Å². The molecule has 0 aliphatic rings. The summed E-state index contributed by atoms with van der Waals surface area (Å²) in [6.07, 6.45) is 5.12. The van der Waals surface area contributed by atoms with Gasteiger partial charge >= 0.3 is 6.09 Å². The van der Waals surface area contributed by atoms with Gasteiger partial charge in [-0.3, -0.25) is 9.59 Å². The number of hydrogen-bond donors (Lipinski definition) is 2. The first-order valence-electron chi connectivity index (χ1n) is 13.9. The van der Waals surface area contributed by atoms with Gasteiger partial charge in [-0.15, -0.1) is 0 Å². The van der Waals surface area contributed by atoms with E-state index in [1.807, 2.05) is 65.0 Å². The van der Waals surface area contributed by atoms with E-state index in [4.69, 9.17) is 4.74 Å². The molecule has 1 rings (SSSR count). The van der Waals surface area contributed by atoms with Crippen molar-refractivity contribution < 1.29 is 19.1 Å². The maximum absolute atomic E-state index is 14.2. The zero-order valence-electron chi connectivity index (χ0n) is 24.6. The van der Waals surface area contributed by atoms with Gasteiger partial charge in [-0.05, 0) is 59.4 Å². The maximum atomic E-state index is 14.2. The Labute approximate surface area is 225 Å². The van der Waals surface area contributed by atoms with Crippen molar-refractivity contribution in [1.82, 2.24) is 15.5 Å². The summed E-state index contributed by atoms with van der Waals surface area (Å²) in [5.41, 5.74) is -0.415. The number of carbonyl (C=O) groups is 3. The molecule has 0 saturated heterocycles. The monoisotopic (exact) mass is 517 g/mol. The van der Waals surface area contributed by atoms with Crippen LogP contribution in [0.25, 0.3) is 0 Å². The first kappa shape index (κ1) is 32.5. The smallest absolute Gasteiger partial charge is 0.408 e. The van der Waals surface area contributed by atoms with E-state index in [1.54, 1.807) is 25.7 Å². The van der Waals surface area contributed by atoms with Crippen LogP contribution in [0, 0.1) is 5.92 Å². The highest BCUT2D eigenvalue weighted by molar-refractivity contribution is 5.92. The molecule has 0 radical (unpaired) electrons. The molecule has 7 nitrogen and oxygen atoms in total. The average Bonchev–Trinajstić information content (AvgIpc) is 2.79. The fourth-order valence-electron chi connectivity index (χ4n) is 4.09. The van der Waals surface area contributed by atoms with Gasteiger partial charge in [0.1, 0.15) is 17.7 Å². The Hall–Kier alpha value is -2.57. The number of hydrogen-bond acceptors (Lipinski definition) is 4. The second kappa shape index (κ2) is 15.0. The van der Waals surface area contributed by atoms with Crippen molar-refractivity contribution in [3.8, 4) is 0 Å². The molecule has 0 fully saturated rings. The lowest BCUT2D eigenvalue weighted by Gasteiger charge is -2.37. The molecule has 0 aliphatic heterocycles. The van der Waals surface area contributed by atoms with Gasteiger partial charge in [-0.2, -0.15) is 0 Å². The van der Waals surface area contributed by atoms with Gasteiger partial charge in [0.25, 0.3) is 0 Å². The lowest BCUT2D eigenvalue weighted by Crippen LogP contribution is -2.56. The topological polar surface area (TPSA) is 87.7 Å². The van der Waals surface area contributed by atoms with Crippen LogP contribution in [-0.4, -0.2) is 46.5 Å². The van der Waals surface area contributed by atoms with Crippen molar-refractivity contribution in [3.63, 3.8) is 0 Å². The highest BCUT2D eigenvalue weighted by atomic mass is 16.6. The molecule has 0 aliphatic carbocycles. The minimum absolute atomic E-state index is 0.148. The molecule has 0 bridgehead atoms. The van der Waals surface area contributed by atoms with Crippen LogP contribution in [0.1, 0.15) is 112 Å². The summed E-state index contributed by atoms with van der Waals surface area (Å²) in [6.45, 7) is 17.7. The van der Waals surface area contributed by atoms with Gasteiger partial charge in [0.2, 0.25) is 11.8 Å². The number of alkyl carbamates (subject to hydrolysis) is 1. The zero-order valence-corrected chi connectivity index (χ0v) is 24.6. The first-order valence-corrected chi connectivity index (χ1v) is 13.9. The van der Waals surface area contributed by atoms with Crippen LogP contribution >= 0.6 is 0 Å². The van der Waals surface area contributed by atoms with Gasteiger partial charge in [0, 0.05) is 12.1 Å². The summed E-state index contributed by atoms with van der Waals surface area (Å²) >= 11 is 0. The number of nitrogens with one attached hydrogen (secondary N) is 2. The fourth-order valence-corrected chi connectivity index (χ4v) is 4.09. The molecule has 210 valence electrons. The molecule has 1 aromatic rings. The van der Waals surface area contributed by atoms with Crippen LogP contribution in [0.2, 0.25) is 0 Å². The van der Waals surface area contributed by atoms with Crippen LogP contribution in [0.3, 0.4) is 0 Å². The maximum Gasteiger partial charge on any atom is 0.408 e. The minimum Gasteiger partial charge on any atom is -0.444 e. The van der Waals surface area contributed by atoms with Crippen molar-refractivity contribution in [1.29, 1.82) is 0 Å². The average molecular weight is 518 g/mol. The molecule has 7 heteroatoms. The molecule has 3 amide bonds. The van der Waals surface area contributed by atoms with E-state index in [1.165, 1.54) is 0 Å². The van der Waals surface area contributed by atoms with Crippen molar-refractivity contribution in [2.45, 2.75) is 124 Å². The second-order valence-electron chi connectivity index (χ2n) is 12.0. The summed E-state index contributed by atoms with van der Waals surface area (Å²) < 4.78 is 5.48. The number of nitrogens with zero attached hydrogens (tertiary/aromatic N) is 1. The van der Waals surface area contributed by atoms with E-state index in [9.17, 15) is 14.4 Å². The van der Waals surface area contributed by atoms with E-state index < -0.39 is 29.3 Å². The summed E-state index contributed by atoms with van der Waals surface area (Å²) in [5.74, 6) is -0.654. The lowest BCUT2D eigenvalue weighted by molar-refractivity contribution is -0.144. The summed E-state index contributed by atoms with van der Waals surface area (Å²) in [5, 5.41) is 5.90. The molecule has 2 N–H and O–H groups in total. The Kier molecular flexibility index (Phi) is 13.2.